The molecule has 330 valence electrons. The highest BCUT2D eigenvalue weighted by Crippen LogP contribution is 2.34. The number of Topliss-reactive ketones (excluding diaryl/α,β-unsaturated/α-hetero) is 2. The first-order valence-electron chi connectivity index (χ1n) is 19.6. The Kier molecular flexibility index (Phi) is 16.6. The number of hydrogen-bond donors (Lipinski definition) is 4. The first-order valence-corrected chi connectivity index (χ1v) is 21.2. The topological polar surface area (TPSA) is 200 Å². The average molecular weight is 945 g/mol. The maximum atomic E-state index is 13.5. The number of nitrogens with zero attached hydrogens (tertiary/aromatic N) is 4. The molecule has 0 aliphatic rings. The van der Waals surface area contributed by atoms with E-state index >= 15 is 0 Å². The predicted octanol–water partition coefficient (Wildman–Crippen LogP) is 12.1. The minimum absolute atomic E-state index is 0.0432. The average Bonchev–Trinajstić information content (AvgIpc) is 3.23. The monoisotopic (exact) mass is 942 g/mol. The van der Waals surface area contributed by atoms with Gasteiger partial charge in [-0.15, -0.1) is 23.2 Å². The van der Waals surface area contributed by atoms with Crippen molar-refractivity contribution in [1.29, 1.82) is 0 Å². The van der Waals surface area contributed by atoms with Crippen LogP contribution in [0.3, 0.4) is 0 Å². The molecule has 0 aromatic heterocycles. The summed E-state index contributed by atoms with van der Waals surface area (Å²) >= 11 is 25.7. The molecule has 0 fully saturated rings. The number of azo groups is 2. The van der Waals surface area contributed by atoms with Crippen molar-refractivity contribution in [3.8, 4) is 0 Å². The highest BCUT2D eigenvalue weighted by atomic mass is 35.5. The molecule has 5 aromatic rings. The molecule has 5 rings (SSSR count). The summed E-state index contributed by atoms with van der Waals surface area (Å²) in [5, 5.41) is 26.2. The number of para-hydroxylation sites is 2. The maximum absolute atomic E-state index is 13.5. The summed E-state index contributed by atoms with van der Waals surface area (Å²) in [6.45, 7) is 9.23. The van der Waals surface area contributed by atoms with E-state index in [2.05, 4.69) is 41.7 Å². The molecule has 4 atom stereocenters. The van der Waals surface area contributed by atoms with Crippen LogP contribution >= 0.6 is 46.4 Å². The number of ketones is 2. The van der Waals surface area contributed by atoms with Crippen molar-refractivity contribution in [2.24, 2.45) is 20.5 Å². The zero-order chi connectivity index (χ0) is 46.8. The molecule has 5 aromatic carbocycles. The van der Waals surface area contributed by atoms with Crippen molar-refractivity contribution in [3.05, 3.63) is 140 Å². The number of anilines is 4. The zero-order valence-corrected chi connectivity index (χ0v) is 38.3. The number of carbonyl (C=O) groups excluding carboxylic acids is 6. The van der Waals surface area contributed by atoms with E-state index < -0.39 is 47.3 Å². The summed E-state index contributed by atoms with van der Waals surface area (Å²) in [5.41, 5.74) is 4.23. The molecule has 4 N–H and O–H groups in total. The molecule has 0 aliphatic heterocycles. The van der Waals surface area contributed by atoms with Crippen LogP contribution in [-0.2, 0) is 19.2 Å². The van der Waals surface area contributed by atoms with Crippen LogP contribution in [0.15, 0.2) is 118 Å². The highest BCUT2D eigenvalue weighted by molar-refractivity contribution is 6.37. The molecule has 0 spiro atoms. The molecule has 0 radical (unpaired) electrons. The zero-order valence-electron chi connectivity index (χ0n) is 35.3. The smallest absolute Gasteiger partial charge is 0.258 e. The van der Waals surface area contributed by atoms with E-state index in [1.807, 2.05) is 0 Å². The van der Waals surface area contributed by atoms with Crippen molar-refractivity contribution in [2.75, 3.05) is 21.3 Å². The Morgan fingerprint density at radius 1 is 0.531 bits per heavy atom. The fourth-order valence-electron chi connectivity index (χ4n) is 6.35. The van der Waals surface area contributed by atoms with Gasteiger partial charge in [0, 0.05) is 22.7 Å². The predicted molar refractivity (Wildman–Crippen MR) is 251 cm³/mol. The molecule has 0 heterocycles. The molecule has 0 saturated heterocycles. The van der Waals surface area contributed by atoms with Crippen molar-refractivity contribution in [3.63, 3.8) is 0 Å². The molecule has 0 saturated carbocycles. The normalized spacial score (nSPS) is 13.2. The van der Waals surface area contributed by atoms with Crippen LogP contribution in [-0.4, -0.2) is 47.3 Å². The number of carbonyl (C=O) groups is 6. The lowest BCUT2D eigenvalue weighted by atomic mass is 10.1. The molecule has 64 heavy (non-hydrogen) atoms. The largest absolute Gasteiger partial charge is 0.324 e. The minimum atomic E-state index is -1.59. The lowest BCUT2D eigenvalue weighted by Crippen LogP contribution is -2.33. The second-order valence-corrected chi connectivity index (χ2v) is 16.6. The van der Waals surface area contributed by atoms with Crippen LogP contribution in [0.2, 0.25) is 10.0 Å². The van der Waals surface area contributed by atoms with Gasteiger partial charge in [0.05, 0.1) is 31.9 Å². The van der Waals surface area contributed by atoms with Gasteiger partial charge in [-0.2, -0.15) is 20.5 Å². The van der Waals surface area contributed by atoms with Gasteiger partial charge in [0.25, 0.3) is 23.6 Å². The Morgan fingerprint density at radius 3 is 1.31 bits per heavy atom. The first kappa shape index (κ1) is 48.7. The van der Waals surface area contributed by atoms with Gasteiger partial charge in [0.2, 0.25) is 12.1 Å². The van der Waals surface area contributed by atoms with Gasteiger partial charge in [0.1, 0.15) is 11.4 Å². The Bertz CT molecular complexity index is 2680. The summed E-state index contributed by atoms with van der Waals surface area (Å²) in [7, 11) is 0. The standard InChI is InChI=1S/C46H42Cl4N8O6/c1-23-21-29(51-45(63)41(27(5)59)57-55-36-19-11-15-32(38(36)49)43(61)52-34-17-9-7-13-30(34)25(3)47)22-24(2)40(23)54-46(64)42(28(6)60)58-56-37-20-12-16-33(39(37)50)44(62)53-35-18-10-8-14-31(35)26(4)48/h7-22,25-26,41-42H,1-6H3,(H,51,63)(H,52,61)(H,53,62)(H,54,64). The Hall–Kier alpha value is -6.32. The van der Waals surface area contributed by atoms with E-state index in [-0.39, 0.29) is 49.0 Å². The fourth-order valence-corrected chi connectivity index (χ4v) is 7.23. The summed E-state index contributed by atoms with van der Waals surface area (Å²) in [5.74, 6) is -3.93. The minimum Gasteiger partial charge on any atom is -0.324 e. The van der Waals surface area contributed by atoms with Gasteiger partial charge in [0.15, 0.2) is 11.6 Å². The number of rotatable bonds is 16. The number of hydrogen-bond acceptors (Lipinski definition) is 10. The van der Waals surface area contributed by atoms with E-state index in [1.165, 1.54) is 50.2 Å². The van der Waals surface area contributed by atoms with Gasteiger partial charge in [-0.1, -0.05) is 71.7 Å². The van der Waals surface area contributed by atoms with Gasteiger partial charge < -0.3 is 21.3 Å². The number of nitrogens with one attached hydrogen (secondary N) is 4. The third kappa shape index (κ3) is 12.0. The number of benzene rings is 5. The molecule has 4 amide bonds. The number of alkyl halides is 2. The van der Waals surface area contributed by atoms with Crippen molar-refractivity contribution >= 4 is 116 Å². The fraction of sp³-hybridized carbons (Fsp3) is 0.217. The van der Waals surface area contributed by atoms with E-state index in [4.69, 9.17) is 46.4 Å². The van der Waals surface area contributed by atoms with Crippen LogP contribution in [0.25, 0.3) is 0 Å². The van der Waals surface area contributed by atoms with Gasteiger partial charge in [-0.25, -0.2) is 0 Å². The number of aryl methyl sites for hydroxylation is 2. The summed E-state index contributed by atoms with van der Waals surface area (Å²) in [6.07, 6.45) is 0. The Labute approximate surface area is 389 Å². The lowest BCUT2D eigenvalue weighted by Gasteiger charge is -2.17. The summed E-state index contributed by atoms with van der Waals surface area (Å²) in [4.78, 5) is 78.6. The molecule has 0 aliphatic carbocycles. The molecule has 4 unspecified atom stereocenters. The van der Waals surface area contributed by atoms with Gasteiger partial charge in [-0.3, -0.25) is 28.8 Å². The van der Waals surface area contributed by atoms with Crippen molar-refractivity contribution < 1.29 is 28.8 Å². The number of amides is 4. The lowest BCUT2D eigenvalue weighted by molar-refractivity contribution is -0.127. The van der Waals surface area contributed by atoms with Gasteiger partial charge >= 0.3 is 0 Å². The second kappa shape index (κ2) is 21.8. The van der Waals surface area contributed by atoms with E-state index in [0.29, 0.717) is 39.3 Å². The van der Waals surface area contributed by atoms with Crippen LogP contribution in [0.4, 0.5) is 34.1 Å². The SMILES string of the molecule is CC(=O)C(N=Nc1cccc(C(=O)Nc2ccccc2C(C)Cl)c1Cl)C(=O)Nc1cc(C)c(NC(=O)C(N=Nc2cccc(C(=O)Nc3ccccc3C(C)Cl)c2Cl)C(C)=O)c(C)c1. The molecule has 18 heteroatoms. The quantitative estimate of drug-likeness (QED) is 0.0431. The molecule has 14 nitrogen and oxygen atoms in total. The third-order valence-electron chi connectivity index (χ3n) is 9.60. The summed E-state index contributed by atoms with van der Waals surface area (Å²) < 4.78 is 0. The Balaban J connectivity index is 1.27. The molecule has 0 bridgehead atoms. The van der Waals surface area contributed by atoms with Crippen LogP contribution in [0.1, 0.15) is 81.4 Å². The van der Waals surface area contributed by atoms with Crippen LogP contribution in [0, 0.1) is 13.8 Å². The third-order valence-corrected chi connectivity index (χ3v) is 10.9. The Morgan fingerprint density at radius 2 is 0.922 bits per heavy atom. The van der Waals surface area contributed by atoms with Gasteiger partial charge in [-0.05, 0) is 112 Å². The van der Waals surface area contributed by atoms with Crippen molar-refractivity contribution in [1.82, 2.24) is 0 Å². The highest BCUT2D eigenvalue weighted by Gasteiger charge is 2.27. The van der Waals surface area contributed by atoms with E-state index in [0.717, 1.165) is 0 Å². The second-order valence-electron chi connectivity index (χ2n) is 14.5. The molecular weight excluding hydrogens is 902 g/mol. The summed E-state index contributed by atoms with van der Waals surface area (Å²) in [6, 6.07) is 23.0. The molecular formula is C46H42Cl4N8O6. The van der Waals surface area contributed by atoms with Crippen LogP contribution in [0.5, 0.6) is 0 Å². The van der Waals surface area contributed by atoms with Crippen LogP contribution < -0.4 is 21.3 Å². The first-order chi connectivity index (χ1) is 30.4. The van der Waals surface area contributed by atoms with Crippen molar-refractivity contribution in [2.45, 2.75) is 64.4 Å². The van der Waals surface area contributed by atoms with E-state index in [9.17, 15) is 28.8 Å². The number of halogens is 4. The maximum Gasteiger partial charge on any atom is 0.258 e. The van der Waals surface area contributed by atoms with E-state index in [1.54, 1.807) is 88.4 Å².